The van der Waals surface area contributed by atoms with Crippen molar-refractivity contribution in [2.75, 3.05) is 11.9 Å². The van der Waals surface area contributed by atoms with Gasteiger partial charge < -0.3 is 10.1 Å². The Balaban J connectivity index is 1.83. The fraction of sp³-hybridized carbons (Fsp3) is 0.263. The summed E-state index contributed by atoms with van der Waals surface area (Å²) in [5.74, 6) is 0.356. The summed E-state index contributed by atoms with van der Waals surface area (Å²) in [6, 6.07) is 14.7. The van der Waals surface area contributed by atoms with E-state index in [1.807, 2.05) is 49.4 Å². The zero-order valence-electron chi connectivity index (χ0n) is 14.4. The maximum absolute atomic E-state index is 12.5. The molecule has 25 heavy (non-hydrogen) atoms. The Morgan fingerprint density at radius 1 is 1.08 bits per heavy atom. The SMILES string of the molecule is CCCOc1ccccc1NC(=O)Cn1c(=O)n(C)c2ccccc21. The van der Waals surface area contributed by atoms with Gasteiger partial charge >= 0.3 is 5.69 Å². The van der Waals surface area contributed by atoms with E-state index in [9.17, 15) is 9.59 Å². The largest absolute Gasteiger partial charge is 0.491 e. The van der Waals surface area contributed by atoms with Crippen LogP contribution in [0.25, 0.3) is 11.0 Å². The van der Waals surface area contributed by atoms with E-state index in [2.05, 4.69) is 5.32 Å². The number of imidazole rings is 1. The molecule has 0 saturated carbocycles. The molecule has 0 saturated heterocycles. The van der Waals surface area contributed by atoms with Crippen LogP contribution in [0.4, 0.5) is 5.69 Å². The molecule has 1 aromatic heterocycles. The van der Waals surface area contributed by atoms with Gasteiger partial charge in [-0.3, -0.25) is 13.9 Å². The zero-order valence-corrected chi connectivity index (χ0v) is 14.4. The third-order valence-corrected chi connectivity index (χ3v) is 3.98. The van der Waals surface area contributed by atoms with Crippen LogP contribution in [0, 0.1) is 0 Å². The van der Waals surface area contributed by atoms with Crippen molar-refractivity contribution in [2.24, 2.45) is 7.05 Å². The van der Waals surface area contributed by atoms with Gasteiger partial charge in [0.2, 0.25) is 5.91 Å². The minimum absolute atomic E-state index is 0.0533. The minimum atomic E-state index is -0.272. The predicted octanol–water partition coefficient (Wildman–Crippen LogP) is 2.77. The molecule has 0 fully saturated rings. The number of hydrogen-bond acceptors (Lipinski definition) is 3. The van der Waals surface area contributed by atoms with Gasteiger partial charge in [-0.2, -0.15) is 0 Å². The molecule has 1 N–H and O–H groups in total. The summed E-state index contributed by atoms with van der Waals surface area (Å²) in [6.45, 7) is 2.55. The monoisotopic (exact) mass is 339 g/mol. The van der Waals surface area contributed by atoms with E-state index in [4.69, 9.17) is 4.74 Å². The molecule has 0 aliphatic carbocycles. The van der Waals surface area contributed by atoms with Crippen molar-refractivity contribution in [1.29, 1.82) is 0 Å². The summed E-state index contributed by atoms with van der Waals surface area (Å²) in [6.07, 6.45) is 0.883. The molecule has 0 spiro atoms. The lowest BCUT2D eigenvalue weighted by Crippen LogP contribution is -2.28. The lowest BCUT2D eigenvalue weighted by atomic mass is 10.3. The number of hydrogen-bond donors (Lipinski definition) is 1. The van der Waals surface area contributed by atoms with Crippen LogP contribution in [0.2, 0.25) is 0 Å². The van der Waals surface area contributed by atoms with Gasteiger partial charge in [-0.1, -0.05) is 31.2 Å². The zero-order chi connectivity index (χ0) is 17.8. The summed E-state index contributed by atoms with van der Waals surface area (Å²) in [5.41, 5.74) is 1.92. The number of para-hydroxylation sites is 4. The molecule has 0 aliphatic rings. The standard InChI is InChI=1S/C19H21N3O3/c1-3-12-25-17-11-7-4-8-14(17)20-18(23)13-22-16-10-6-5-9-15(16)21(2)19(22)24/h4-11H,3,12-13H2,1-2H3,(H,20,23). The summed E-state index contributed by atoms with van der Waals surface area (Å²) in [5, 5.41) is 2.84. The maximum Gasteiger partial charge on any atom is 0.329 e. The van der Waals surface area contributed by atoms with E-state index in [0.29, 0.717) is 18.0 Å². The van der Waals surface area contributed by atoms with E-state index in [1.165, 1.54) is 4.57 Å². The second kappa shape index (κ2) is 7.25. The molecule has 2 aromatic carbocycles. The molecule has 6 heteroatoms. The summed E-state index contributed by atoms with van der Waals surface area (Å²) in [7, 11) is 1.70. The van der Waals surface area contributed by atoms with Crippen LogP contribution in [0.1, 0.15) is 13.3 Å². The quantitative estimate of drug-likeness (QED) is 0.751. The van der Waals surface area contributed by atoms with Crippen LogP contribution < -0.4 is 15.7 Å². The van der Waals surface area contributed by atoms with Crippen molar-refractivity contribution >= 4 is 22.6 Å². The topological polar surface area (TPSA) is 65.3 Å². The highest BCUT2D eigenvalue weighted by atomic mass is 16.5. The van der Waals surface area contributed by atoms with Gasteiger partial charge in [0.25, 0.3) is 0 Å². The number of anilines is 1. The highest BCUT2D eigenvalue weighted by Gasteiger charge is 2.14. The number of nitrogens with zero attached hydrogens (tertiary/aromatic N) is 2. The Morgan fingerprint density at radius 3 is 2.52 bits per heavy atom. The molecular formula is C19H21N3O3. The molecule has 0 radical (unpaired) electrons. The third kappa shape index (κ3) is 3.42. The molecule has 1 amide bonds. The van der Waals surface area contributed by atoms with Crippen LogP contribution in [-0.2, 0) is 18.4 Å². The fourth-order valence-electron chi connectivity index (χ4n) is 2.76. The lowest BCUT2D eigenvalue weighted by Gasteiger charge is -2.12. The highest BCUT2D eigenvalue weighted by Crippen LogP contribution is 2.24. The van der Waals surface area contributed by atoms with Gasteiger partial charge in [0.05, 0.1) is 23.3 Å². The molecule has 130 valence electrons. The number of aromatic nitrogens is 2. The van der Waals surface area contributed by atoms with E-state index in [0.717, 1.165) is 17.5 Å². The van der Waals surface area contributed by atoms with E-state index >= 15 is 0 Å². The predicted molar refractivity (Wildman–Crippen MR) is 98.0 cm³/mol. The second-order valence-corrected chi connectivity index (χ2v) is 5.81. The number of benzene rings is 2. The average Bonchev–Trinajstić information content (AvgIpc) is 2.86. The van der Waals surface area contributed by atoms with Crippen molar-refractivity contribution in [3.63, 3.8) is 0 Å². The molecule has 0 bridgehead atoms. The van der Waals surface area contributed by atoms with E-state index < -0.39 is 0 Å². The smallest absolute Gasteiger partial charge is 0.329 e. The first kappa shape index (κ1) is 16.8. The van der Waals surface area contributed by atoms with Gasteiger partial charge in [0.1, 0.15) is 12.3 Å². The number of carbonyl (C=O) groups is 1. The number of ether oxygens (including phenoxy) is 1. The molecule has 6 nitrogen and oxygen atoms in total. The Bertz CT molecular complexity index is 956. The summed E-state index contributed by atoms with van der Waals surface area (Å²) < 4.78 is 8.66. The van der Waals surface area contributed by atoms with Crippen molar-refractivity contribution in [3.8, 4) is 5.75 Å². The van der Waals surface area contributed by atoms with Crippen LogP contribution in [0.15, 0.2) is 53.3 Å². The average molecular weight is 339 g/mol. The van der Waals surface area contributed by atoms with Crippen molar-refractivity contribution < 1.29 is 9.53 Å². The minimum Gasteiger partial charge on any atom is -0.491 e. The fourth-order valence-corrected chi connectivity index (χ4v) is 2.76. The third-order valence-electron chi connectivity index (χ3n) is 3.98. The number of nitrogens with one attached hydrogen (secondary N) is 1. The van der Waals surface area contributed by atoms with Gasteiger partial charge in [-0.15, -0.1) is 0 Å². The van der Waals surface area contributed by atoms with Gasteiger partial charge in [-0.25, -0.2) is 4.79 Å². The molecule has 0 unspecified atom stereocenters. The number of amides is 1. The first-order chi connectivity index (χ1) is 12.1. The molecule has 1 heterocycles. The Hall–Kier alpha value is -3.02. The highest BCUT2D eigenvalue weighted by molar-refractivity contribution is 5.93. The molecule has 3 rings (SSSR count). The van der Waals surface area contributed by atoms with Crippen molar-refractivity contribution in [2.45, 2.75) is 19.9 Å². The normalized spacial score (nSPS) is 10.8. The van der Waals surface area contributed by atoms with E-state index in [1.54, 1.807) is 17.7 Å². The Labute approximate surface area is 145 Å². The van der Waals surface area contributed by atoms with Crippen molar-refractivity contribution in [1.82, 2.24) is 9.13 Å². The van der Waals surface area contributed by atoms with E-state index in [-0.39, 0.29) is 18.1 Å². The lowest BCUT2D eigenvalue weighted by molar-refractivity contribution is -0.116. The molecule has 3 aromatic rings. The van der Waals surface area contributed by atoms with Crippen LogP contribution in [0.5, 0.6) is 5.75 Å². The first-order valence-corrected chi connectivity index (χ1v) is 8.27. The Morgan fingerprint density at radius 2 is 1.76 bits per heavy atom. The first-order valence-electron chi connectivity index (χ1n) is 8.27. The van der Waals surface area contributed by atoms with Gasteiger partial charge in [0, 0.05) is 7.05 Å². The van der Waals surface area contributed by atoms with Crippen LogP contribution in [0.3, 0.4) is 0 Å². The van der Waals surface area contributed by atoms with Gasteiger partial charge in [0.15, 0.2) is 0 Å². The van der Waals surface area contributed by atoms with Crippen LogP contribution in [-0.4, -0.2) is 21.6 Å². The van der Waals surface area contributed by atoms with Gasteiger partial charge in [-0.05, 0) is 30.7 Å². The molecule has 0 aliphatic heterocycles. The maximum atomic E-state index is 12.5. The molecule has 0 atom stereocenters. The van der Waals surface area contributed by atoms with Crippen LogP contribution >= 0.6 is 0 Å². The molecular weight excluding hydrogens is 318 g/mol. The summed E-state index contributed by atoms with van der Waals surface area (Å²) in [4.78, 5) is 24.9. The Kier molecular flexibility index (Phi) is 4.88. The summed E-state index contributed by atoms with van der Waals surface area (Å²) >= 11 is 0. The number of aryl methyl sites for hydroxylation is 1. The number of fused-ring (bicyclic) bond motifs is 1. The second-order valence-electron chi connectivity index (χ2n) is 5.81. The van der Waals surface area contributed by atoms with Crippen molar-refractivity contribution in [3.05, 3.63) is 59.0 Å². The number of carbonyl (C=O) groups excluding carboxylic acids is 1. The number of rotatable bonds is 6.